The van der Waals surface area contributed by atoms with E-state index < -0.39 is 34.3 Å². The number of aliphatic hydroxyl groups is 1. The van der Waals surface area contributed by atoms with E-state index in [1.54, 1.807) is 6.92 Å². The number of allylic oxidation sites excluding steroid dienone is 2. The van der Waals surface area contributed by atoms with Crippen LogP contribution >= 0.6 is 11.6 Å². The molecule has 1 atom stereocenters. The van der Waals surface area contributed by atoms with Gasteiger partial charge in [-0.3, -0.25) is 4.79 Å². The molecule has 0 radical (unpaired) electrons. The van der Waals surface area contributed by atoms with Crippen LogP contribution in [0, 0.1) is 5.82 Å². The standard InChI is InChI=1S/C19H19ClFN3O4S/c1-3-13(4-2)29(27,28)24-9-12-8-23(10-17(12)22-24)19(26)15(11-25)14-6-5-7-16(21)18(14)20/h3-7,9,15,25H,1,8,10-11H2,2H3/b13-4+/t15-/m1/s1. The van der Waals surface area contributed by atoms with Crippen molar-refractivity contribution in [3.63, 3.8) is 0 Å². The van der Waals surface area contributed by atoms with Crippen molar-refractivity contribution in [3.05, 3.63) is 75.7 Å². The molecule has 0 aliphatic carbocycles. The summed E-state index contributed by atoms with van der Waals surface area (Å²) >= 11 is 5.96. The van der Waals surface area contributed by atoms with Crippen molar-refractivity contribution < 1.29 is 22.7 Å². The van der Waals surface area contributed by atoms with Gasteiger partial charge in [0, 0.05) is 18.3 Å². The summed E-state index contributed by atoms with van der Waals surface area (Å²) in [6.45, 7) is 4.71. The lowest BCUT2D eigenvalue weighted by Crippen LogP contribution is -2.33. The lowest BCUT2D eigenvalue weighted by Gasteiger charge is -2.23. The Bertz CT molecular complexity index is 1090. The normalized spacial score (nSPS) is 15.3. The van der Waals surface area contributed by atoms with Gasteiger partial charge in [0.1, 0.15) is 5.82 Å². The molecule has 0 unspecified atom stereocenters. The van der Waals surface area contributed by atoms with Crippen molar-refractivity contribution in [2.75, 3.05) is 6.61 Å². The molecule has 0 spiro atoms. The van der Waals surface area contributed by atoms with Crippen LogP contribution in [0.4, 0.5) is 4.39 Å². The number of aliphatic hydroxyl groups excluding tert-OH is 1. The summed E-state index contributed by atoms with van der Waals surface area (Å²) in [5, 5.41) is 13.6. The van der Waals surface area contributed by atoms with Crippen LogP contribution in [0.1, 0.15) is 29.7 Å². The molecule has 7 nitrogen and oxygen atoms in total. The quantitative estimate of drug-likeness (QED) is 0.698. The third-order valence-electron chi connectivity index (χ3n) is 4.74. The maximum absolute atomic E-state index is 13.7. The van der Waals surface area contributed by atoms with E-state index >= 15 is 0 Å². The Labute approximate surface area is 172 Å². The molecule has 1 aliphatic heterocycles. The van der Waals surface area contributed by atoms with Crippen LogP contribution in [-0.4, -0.2) is 40.1 Å². The lowest BCUT2D eigenvalue weighted by atomic mass is 9.98. The monoisotopic (exact) mass is 439 g/mol. The topological polar surface area (TPSA) is 92.5 Å². The first-order chi connectivity index (χ1) is 13.7. The second-order valence-corrected chi connectivity index (χ2v) is 8.62. The van der Waals surface area contributed by atoms with E-state index in [9.17, 15) is 22.7 Å². The number of halogens is 2. The van der Waals surface area contributed by atoms with E-state index in [4.69, 9.17) is 11.6 Å². The van der Waals surface area contributed by atoms with Gasteiger partial charge >= 0.3 is 0 Å². The van der Waals surface area contributed by atoms with Gasteiger partial charge < -0.3 is 10.0 Å². The second-order valence-electron chi connectivity index (χ2n) is 6.45. The van der Waals surface area contributed by atoms with E-state index in [1.807, 2.05) is 0 Å². The number of hydrogen-bond acceptors (Lipinski definition) is 5. The summed E-state index contributed by atoms with van der Waals surface area (Å²) in [7, 11) is -3.85. The summed E-state index contributed by atoms with van der Waals surface area (Å²) in [6, 6.07) is 4.07. The predicted molar refractivity (Wildman–Crippen MR) is 106 cm³/mol. The molecule has 10 heteroatoms. The van der Waals surface area contributed by atoms with Crippen LogP contribution in [-0.2, 0) is 27.9 Å². The first kappa shape index (κ1) is 21.2. The van der Waals surface area contributed by atoms with Crippen LogP contribution in [0.2, 0.25) is 5.02 Å². The summed E-state index contributed by atoms with van der Waals surface area (Å²) in [5.74, 6) is -2.16. The summed E-state index contributed by atoms with van der Waals surface area (Å²) in [6.07, 6.45) is 4.00. The molecule has 1 N–H and O–H groups in total. The summed E-state index contributed by atoms with van der Waals surface area (Å²) < 4.78 is 39.6. The van der Waals surface area contributed by atoms with Gasteiger partial charge in [-0.05, 0) is 24.6 Å². The van der Waals surface area contributed by atoms with Gasteiger partial charge in [0.2, 0.25) is 5.91 Å². The zero-order valence-electron chi connectivity index (χ0n) is 15.5. The van der Waals surface area contributed by atoms with Crippen LogP contribution in [0.5, 0.6) is 0 Å². The van der Waals surface area contributed by atoms with Gasteiger partial charge in [0.25, 0.3) is 10.0 Å². The highest BCUT2D eigenvalue weighted by molar-refractivity contribution is 7.93. The predicted octanol–water partition coefficient (Wildman–Crippen LogP) is 2.56. The molecule has 3 rings (SSSR count). The Morgan fingerprint density at radius 1 is 1.45 bits per heavy atom. The molecule has 1 aromatic carbocycles. The number of nitrogens with zero attached hydrogens (tertiary/aromatic N) is 3. The number of amides is 1. The minimum atomic E-state index is -3.85. The van der Waals surface area contributed by atoms with E-state index in [-0.39, 0.29) is 28.6 Å². The SMILES string of the molecule is C=C/C(=C\C)S(=O)(=O)n1cc2c(n1)CN(C(=O)[C@H](CO)c1cccc(F)c1Cl)C2. The van der Waals surface area contributed by atoms with Crippen molar-refractivity contribution in [2.45, 2.75) is 25.9 Å². The van der Waals surface area contributed by atoms with Crippen LogP contribution in [0.25, 0.3) is 0 Å². The Balaban J connectivity index is 1.84. The number of aromatic nitrogens is 2. The van der Waals surface area contributed by atoms with Gasteiger partial charge in [-0.2, -0.15) is 17.6 Å². The van der Waals surface area contributed by atoms with Crippen LogP contribution in [0.15, 0.2) is 48.0 Å². The van der Waals surface area contributed by atoms with Crippen molar-refractivity contribution in [2.24, 2.45) is 0 Å². The van der Waals surface area contributed by atoms with E-state index in [0.717, 1.165) is 4.09 Å². The van der Waals surface area contributed by atoms with E-state index in [1.165, 1.54) is 41.4 Å². The number of rotatable bonds is 6. The number of benzene rings is 1. The molecule has 2 aromatic rings. The molecule has 1 amide bonds. The fourth-order valence-electron chi connectivity index (χ4n) is 3.21. The highest BCUT2D eigenvalue weighted by Crippen LogP contribution is 2.31. The molecular weight excluding hydrogens is 421 g/mol. The summed E-state index contributed by atoms with van der Waals surface area (Å²) in [5.41, 5.74) is 1.20. The zero-order valence-corrected chi connectivity index (χ0v) is 17.1. The van der Waals surface area contributed by atoms with Gasteiger partial charge in [-0.15, -0.1) is 0 Å². The zero-order chi connectivity index (χ0) is 21.3. The summed E-state index contributed by atoms with van der Waals surface area (Å²) in [4.78, 5) is 14.3. The minimum absolute atomic E-state index is 0.0210. The minimum Gasteiger partial charge on any atom is -0.395 e. The second kappa shape index (κ2) is 8.10. The molecule has 0 saturated carbocycles. The molecule has 2 heterocycles. The molecule has 154 valence electrons. The molecule has 0 fully saturated rings. The van der Waals surface area contributed by atoms with Gasteiger partial charge in [-0.1, -0.05) is 36.4 Å². The molecule has 1 aliphatic rings. The Kier molecular flexibility index (Phi) is 5.92. The van der Waals surface area contributed by atoms with Crippen molar-refractivity contribution in [1.29, 1.82) is 0 Å². The van der Waals surface area contributed by atoms with E-state index in [2.05, 4.69) is 11.7 Å². The molecule has 0 bridgehead atoms. The highest BCUT2D eigenvalue weighted by Gasteiger charge is 2.34. The molecular formula is C19H19ClFN3O4S. The Morgan fingerprint density at radius 2 is 2.17 bits per heavy atom. The third-order valence-corrected chi connectivity index (χ3v) is 6.81. The first-order valence-corrected chi connectivity index (χ1v) is 10.5. The number of fused-ring (bicyclic) bond motifs is 1. The molecule has 0 saturated heterocycles. The van der Waals surface area contributed by atoms with Crippen molar-refractivity contribution in [3.8, 4) is 0 Å². The van der Waals surface area contributed by atoms with Gasteiger partial charge in [-0.25, -0.2) is 4.39 Å². The van der Waals surface area contributed by atoms with Crippen molar-refractivity contribution >= 4 is 27.5 Å². The van der Waals surface area contributed by atoms with Crippen molar-refractivity contribution in [1.82, 2.24) is 14.1 Å². The average Bonchev–Trinajstić information content (AvgIpc) is 3.26. The maximum atomic E-state index is 13.7. The van der Waals surface area contributed by atoms with E-state index in [0.29, 0.717) is 11.3 Å². The lowest BCUT2D eigenvalue weighted by molar-refractivity contribution is -0.134. The van der Waals surface area contributed by atoms with Crippen LogP contribution in [0.3, 0.4) is 0 Å². The maximum Gasteiger partial charge on any atom is 0.282 e. The average molecular weight is 440 g/mol. The molecule has 29 heavy (non-hydrogen) atoms. The fraction of sp³-hybridized carbons (Fsp3) is 0.263. The number of hydrogen-bond donors (Lipinski definition) is 1. The third kappa shape index (κ3) is 3.73. The highest BCUT2D eigenvalue weighted by atomic mass is 35.5. The number of carbonyl (C=O) groups is 1. The van der Waals surface area contributed by atoms with Crippen LogP contribution < -0.4 is 0 Å². The first-order valence-electron chi connectivity index (χ1n) is 8.69. The Hall–Kier alpha value is -2.49. The largest absolute Gasteiger partial charge is 0.395 e. The molecule has 1 aromatic heterocycles. The van der Waals surface area contributed by atoms with Gasteiger partial charge in [0.05, 0.1) is 34.7 Å². The van der Waals surface area contributed by atoms with Gasteiger partial charge in [0.15, 0.2) is 0 Å². The fourth-order valence-corrected chi connectivity index (χ4v) is 4.66. The smallest absolute Gasteiger partial charge is 0.282 e. The number of carbonyl (C=O) groups excluding carboxylic acids is 1. The Morgan fingerprint density at radius 3 is 2.76 bits per heavy atom.